The molecule has 0 saturated carbocycles. The van der Waals surface area contributed by atoms with Gasteiger partial charge in [-0.25, -0.2) is 0 Å². The number of carbonyl (C=O) groups is 3. The van der Waals surface area contributed by atoms with Crippen molar-refractivity contribution in [1.82, 2.24) is 0 Å². The number of hydrogen-bond donors (Lipinski definition) is 3. The Kier molecular flexibility index (Phi) is 6.90. The fourth-order valence-electron chi connectivity index (χ4n) is 3.46. The molecule has 32 heavy (non-hydrogen) atoms. The minimum atomic E-state index is -1.10. The number of esters is 1. The first-order chi connectivity index (χ1) is 15.2. The topological polar surface area (TPSA) is 121 Å². The summed E-state index contributed by atoms with van der Waals surface area (Å²) in [7, 11) is 0. The lowest BCUT2D eigenvalue weighted by Gasteiger charge is -2.24. The highest BCUT2D eigenvalue weighted by Crippen LogP contribution is 2.36. The molecule has 2 atom stereocenters. The van der Waals surface area contributed by atoms with Crippen molar-refractivity contribution in [3.63, 3.8) is 0 Å². The van der Waals surface area contributed by atoms with E-state index in [0.717, 1.165) is 23.8 Å². The zero-order valence-corrected chi connectivity index (χ0v) is 17.7. The summed E-state index contributed by atoms with van der Waals surface area (Å²) in [5.74, 6) is -3.01. The van der Waals surface area contributed by atoms with Crippen LogP contribution in [0.15, 0.2) is 65.8 Å². The van der Waals surface area contributed by atoms with Gasteiger partial charge in [0, 0.05) is 12.0 Å². The van der Waals surface area contributed by atoms with Gasteiger partial charge in [0.05, 0.1) is 23.7 Å². The van der Waals surface area contributed by atoms with E-state index < -0.39 is 41.2 Å². The molecule has 0 heterocycles. The summed E-state index contributed by atoms with van der Waals surface area (Å²) >= 11 is 0. The predicted molar refractivity (Wildman–Crippen MR) is 116 cm³/mol. The fourth-order valence-corrected chi connectivity index (χ4v) is 3.46. The molecule has 0 aliphatic heterocycles. The molecule has 2 aromatic rings. The van der Waals surface area contributed by atoms with E-state index in [0.29, 0.717) is 5.56 Å². The molecule has 3 rings (SSSR count). The first-order valence-corrected chi connectivity index (χ1v) is 10.1. The minimum absolute atomic E-state index is 0.108. The first kappa shape index (κ1) is 23.0. The van der Waals surface area contributed by atoms with E-state index in [2.05, 4.69) is 0 Å². The van der Waals surface area contributed by atoms with E-state index in [4.69, 9.17) is 4.74 Å². The monoisotopic (exact) mass is 436 g/mol. The van der Waals surface area contributed by atoms with Crippen LogP contribution >= 0.6 is 0 Å². The number of phenols is 2. The molecular formula is C25H24O7. The second-order valence-electron chi connectivity index (χ2n) is 7.77. The molecule has 1 aliphatic carbocycles. The van der Waals surface area contributed by atoms with E-state index in [1.54, 1.807) is 36.4 Å². The number of hydrogen-bond acceptors (Lipinski definition) is 7. The van der Waals surface area contributed by atoms with Gasteiger partial charge in [0.15, 0.2) is 11.6 Å². The van der Waals surface area contributed by atoms with Gasteiger partial charge < -0.3 is 20.1 Å². The molecule has 2 aromatic carbocycles. The lowest BCUT2D eigenvalue weighted by molar-refractivity contribution is -0.149. The number of aliphatic hydroxyl groups is 1. The van der Waals surface area contributed by atoms with E-state index in [9.17, 15) is 29.7 Å². The molecular weight excluding hydrogens is 412 g/mol. The molecule has 0 saturated heterocycles. The van der Waals surface area contributed by atoms with Crippen LogP contribution in [0.4, 0.5) is 0 Å². The summed E-state index contributed by atoms with van der Waals surface area (Å²) in [5.41, 5.74) is 0.735. The molecule has 1 aliphatic rings. The quantitative estimate of drug-likeness (QED) is 0.343. The average molecular weight is 436 g/mol. The van der Waals surface area contributed by atoms with Crippen molar-refractivity contribution >= 4 is 17.5 Å². The number of fused-ring (bicyclic) bond motifs is 1. The maximum Gasteiger partial charge on any atom is 0.309 e. The second-order valence-corrected chi connectivity index (χ2v) is 7.77. The van der Waals surface area contributed by atoms with Crippen LogP contribution < -0.4 is 0 Å². The van der Waals surface area contributed by atoms with Crippen LogP contribution in [0.5, 0.6) is 11.5 Å². The number of carbonyl (C=O) groups excluding carboxylic acids is 3. The maximum atomic E-state index is 13.1. The Morgan fingerprint density at radius 1 is 1.00 bits per heavy atom. The lowest BCUT2D eigenvalue weighted by atomic mass is 9.85. The Bertz CT molecular complexity index is 1110. The van der Waals surface area contributed by atoms with Crippen molar-refractivity contribution in [1.29, 1.82) is 0 Å². The van der Waals surface area contributed by atoms with Gasteiger partial charge in [-0.3, -0.25) is 14.4 Å². The summed E-state index contributed by atoms with van der Waals surface area (Å²) < 4.78 is 5.51. The smallest absolute Gasteiger partial charge is 0.309 e. The van der Waals surface area contributed by atoms with Gasteiger partial charge in [-0.1, -0.05) is 42.0 Å². The molecule has 0 bridgehead atoms. The Labute approximate surface area is 185 Å². The number of rotatable bonds is 7. The van der Waals surface area contributed by atoms with E-state index in [1.807, 2.05) is 13.8 Å². The zero-order chi connectivity index (χ0) is 23.4. The van der Waals surface area contributed by atoms with Crippen molar-refractivity contribution in [2.75, 3.05) is 0 Å². The van der Waals surface area contributed by atoms with Crippen LogP contribution in [-0.2, 0) is 9.53 Å². The van der Waals surface area contributed by atoms with Crippen molar-refractivity contribution in [3.8, 4) is 11.5 Å². The number of phenolic OH excluding ortho intramolecular Hbond substituents is 2. The standard InChI is InChI=1S/C25H24O7/c1-14(2)8-11-21(32-22(30)13-19(28)15-6-4-3-5-7-15)16-12-20(29)23-17(26)9-10-18(27)24(23)25(16)31/h3-10,12,19,21,26-28H,11,13H2,1-2H3/t19?,21-/m1/s1. The predicted octanol–water partition coefficient (Wildman–Crippen LogP) is 3.80. The van der Waals surface area contributed by atoms with Gasteiger partial charge in [0.25, 0.3) is 0 Å². The van der Waals surface area contributed by atoms with Crippen LogP contribution in [0.2, 0.25) is 0 Å². The zero-order valence-electron chi connectivity index (χ0n) is 17.7. The number of ketones is 2. The highest BCUT2D eigenvalue weighted by atomic mass is 16.5. The van der Waals surface area contributed by atoms with Crippen LogP contribution in [0, 0.1) is 0 Å². The summed E-state index contributed by atoms with van der Waals surface area (Å²) in [5, 5.41) is 30.5. The van der Waals surface area contributed by atoms with Crippen molar-refractivity contribution < 1.29 is 34.4 Å². The summed E-state index contributed by atoms with van der Waals surface area (Å²) in [4.78, 5) is 38.3. The van der Waals surface area contributed by atoms with Crippen LogP contribution in [0.3, 0.4) is 0 Å². The van der Waals surface area contributed by atoms with Crippen molar-refractivity contribution in [3.05, 3.63) is 82.5 Å². The molecule has 7 nitrogen and oxygen atoms in total. The number of ether oxygens (including phenoxy) is 1. The number of allylic oxidation sites excluding steroid dienone is 2. The van der Waals surface area contributed by atoms with Crippen LogP contribution in [0.25, 0.3) is 0 Å². The normalized spacial score (nSPS) is 14.8. The summed E-state index contributed by atoms with van der Waals surface area (Å²) in [6.07, 6.45) is 0.359. The molecule has 0 fully saturated rings. The fraction of sp³-hybridized carbons (Fsp3) is 0.240. The second kappa shape index (κ2) is 9.62. The number of aromatic hydroxyl groups is 2. The highest BCUT2D eigenvalue weighted by Gasteiger charge is 2.35. The Morgan fingerprint density at radius 3 is 2.25 bits per heavy atom. The number of aliphatic hydroxyl groups excluding tert-OH is 1. The summed E-state index contributed by atoms with van der Waals surface area (Å²) in [6, 6.07) is 10.9. The van der Waals surface area contributed by atoms with Crippen molar-refractivity contribution in [2.45, 2.75) is 38.9 Å². The minimum Gasteiger partial charge on any atom is -0.507 e. The molecule has 0 spiro atoms. The molecule has 1 unspecified atom stereocenters. The third kappa shape index (κ3) is 4.95. The van der Waals surface area contributed by atoms with E-state index in [1.165, 1.54) is 0 Å². The van der Waals surface area contributed by atoms with Crippen LogP contribution in [-0.4, -0.2) is 39.0 Å². The Hall–Kier alpha value is -3.71. The first-order valence-electron chi connectivity index (χ1n) is 10.1. The largest absolute Gasteiger partial charge is 0.507 e. The molecule has 0 aromatic heterocycles. The Morgan fingerprint density at radius 2 is 1.62 bits per heavy atom. The summed E-state index contributed by atoms with van der Waals surface area (Å²) in [6.45, 7) is 3.67. The molecule has 166 valence electrons. The third-order valence-electron chi connectivity index (χ3n) is 5.09. The molecule has 0 amide bonds. The maximum absolute atomic E-state index is 13.1. The van der Waals surface area contributed by atoms with Gasteiger partial charge in [0.1, 0.15) is 17.6 Å². The van der Waals surface area contributed by atoms with Crippen LogP contribution in [0.1, 0.15) is 59.1 Å². The van der Waals surface area contributed by atoms with Gasteiger partial charge in [-0.05, 0) is 37.6 Å². The van der Waals surface area contributed by atoms with Gasteiger partial charge >= 0.3 is 5.97 Å². The third-order valence-corrected chi connectivity index (χ3v) is 5.09. The number of benzene rings is 2. The molecule has 3 N–H and O–H groups in total. The lowest BCUT2D eigenvalue weighted by Crippen LogP contribution is -2.29. The SMILES string of the molecule is CC(C)=CC[C@@H](OC(=O)CC(O)c1ccccc1)C1=CC(=O)c2c(O)ccc(O)c2C1=O. The number of Topliss-reactive ketones (excluding diaryl/α,β-unsaturated/α-hetero) is 1. The van der Waals surface area contributed by atoms with Crippen molar-refractivity contribution in [2.24, 2.45) is 0 Å². The van der Waals surface area contributed by atoms with E-state index in [-0.39, 0.29) is 29.5 Å². The average Bonchev–Trinajstić information content (AvgIpc) is 2.75. The highest BCUT2D eigenvalue weighted by molar-refractivity contribution is 6.27. The Balaban J connectivity index is 1.88. The van der Waals surface area contributed by atoms with Gasteiger partial charge in [-0.15, -0.1) is 0 Å². The molecule has 7 heteroatoms. The van der Waals surface area contributed by atoms with Gasteiger partial charge in [0.2, 0.25) is 0 Å². The van der Waals surface area contributed by atoms with Gasteiger partial charge in [-0.2, -0.15) is 0 Å². The molecule has 0 radical (unpaired) electrons. The van der Waals surface area contributed by atoms with E-state index >= 15 is 0 Å².